The molecule has 0 aliphatic carbocycles. The molecular formula is C16H28N2O2. The number of nitrogens with one attached hydrogen (secondary N) is 1. The summed E-state index contributed by atoms with van der Waals surface area (Å²) in [5.41, 5.74) is 1.62. The molecule has 20 heavy (non-hydrogen) atoms. The maximum Gasteiger partial charge on any atom is 0.255 e. The predicted molar refractivity (Wildman–Crippen MR) is 82.2 cm³/mol. The maximum atomic E-state index is 12.2. The zero-order valence-corrected chi connectivity index (χ0v) is 13.8. The Balaban J connectivity index is 2.60. The summed E-state index contributed by atoms with van der Waals surface area (Å²) >= 11 is 0. The largest absolute Gasteiger partial charge is 0.466 e. The Morgan fingerprint density at radius 2 is 1.65 bits per heavy atom. The zero-order valence-electron chi connectivity index (χ0n) is 13.8. The van der Waals surface area contributed by atoms with Crippen LogP contribution in [-0.2, 0) is 0 Å². The fourth-order valence-electron chi connectivity index (χ4n) is 2.63. The number of furan rings is 1. The van der Waals surface area contributed by atoms with E-state index in [-0.39, 0.29) is 5.91 Å². The number of carbonyl (C=O) groups excluding carboxylic acids is 1. The summed E-state index contributed by atoms with van der Waals surface area (Å²) in [4.78, 5) is 14.6. The number of hydrogen-bond acceptors (Lipinski definition) is 3. The molecule has 4 nitrogen and oxygen atoms in total. The van der Waals surface area contributed by atoms with Crippen LogP contribution < -0.4 is 5.32 Å². The van der Waals surface area contributed by atoms with Crippen LogP contribution >= 0.6 is 0 Å². The lowest BCUT2D eigenvalue weighted by atomic mass is 10.1. The Kier molecular flexibility index (Phi) is 5.81. The van der Waals surface area contributed by atoms with E-state index in [1.807, 2.05) is 20.8 Å². The Morgan fingerprint density at radius 1 is 1.10 bits per heavy atom. The quantitative estimate of drug-likeness (QED) is 0.871. The van der Waals surface area contributed by atoms with Crippen LogP contribution in [0.25, 0.3) is 0 Å². The van der Waals surface area contributed by atoms with Crippen LogP contribution in [0.15, 0.2) is 4.42 Å². The number of aryl methyl sites for hydroxylation is 2. The van der Waals surface area contributed by atoms with Crippen molar-refractivity contribution in [2.24, 2.45) is 0 Å². The van der Waals surface area contributed by atoms with Gasteiger partial charge in [-0.05, 0) is 48.5 Å². The average Bonchev–Trinajstić information content (AvgIpc) is 2.57. The molecule has 114 valence electrons. The van der Waals surface area contributed by atoms with Crippen LogP contribution in [0.2, 0.25) is 0 Å². The van der Waals surface area contributed by atoms with Gasteiger partial charge >= 0.3 is 0 Å². The standard InChI is InChI=1S/C16H28N2O2/c1-10(2)18(11(3)4)9-8-17-16(19)15-12(5)13(6)20-14(15)7/h10-11H,8-9H2,1-7H3,(H,17,19). The van der Waals surface area contributed by atoms with E-state index in [1.54, 1.807) is 0 Å². The fraction of sp³-hybridized carbons (Fsp3) is 0.688. The molecule has 1 amide bonds. The molecule has 1 rings (SSSR count). The van der Waals surface area contributed by atoms with Gasteiger partial charge in [-0.3, -0.25) is 9.69 Å². The van der Waals surface area contributed by atoms with Crippen LogP contribution in [0.1, 0.15) is 55.1 Å². The zero-order chi connectivity index (χ0) is 15.4. The van der Waals surface area contributed by atoms with E-state index in [9.17, 15) is 4.79 Å². The van der Waals surface area contributed by atoms with Crippen molar-refractivity contribution in [3.05, 3.63) is 22.6 Å². The van der Waals surface area contributed by atoms with Crippen molar-refractivity contribution in [1.82, 2.24) is 10.2 Å². The number of nitrogens with zero attached hydrogens (tertiary/aromatic N) is 1. The Morgan fingerprint density at radius 3 is 2.05 bits per heavy atom. The van der Waals surface area contributed by atoms with Gasteiger partial charge in [0.2, 0.25) is 0 Å². The Labute approximate surface area is 122 Å². The van der Waals surface area contributed by atoms with Gasteiger partial charge in [-0.1, -0.05) is 0 Å². The van der Waals surface area contributed by atoms with E-state index < -0.39 is 0 Å². The Hall–Kier alpha value is -1.29. The van der Waals surface area contributed by atoms with Gasteiger partial charge in [-0.25, -0.2) is 0 Å². The third-order valence-corrected chi connectivity index (χ3v) is 3.77. The molecule has 0 spiro atoms. The van der Waals surface area contributed by atoms with Crippen LogP contribution in [0.4, 0.5) is 0 Å². The fourth-order valence-corrected chi connectivity index (χ4v) is 2.63. The molecular weight excluding hydrogens is 252 g/mol. The minimum absolute atomic E-state index is 0.0377. The number of carbonyl (C=O) groups is 1. The second-order valence-electron chi connectivity index (χ2n) is 5.90. The summed E-state index contributed by atoms with van der Waals surface area (Å²) < 4.78 is 5.50. The first-order valence-electron chi connectivity index (χ1n) is 7.36. The topological polar surface area (TPSA) is 45.5 Å². The highest BCUT2D eigenvalue weighted by atomic mass is 16.3. The van der Waals surface area contributed by atoms with Crippen molar-refractivity contribution >= 4 is 5.91 Å². The van der Waals surface area contributed by atoms with E-state index in [0.717, 1.165) is 17.9 Å². The SMILES string of the molecule is Cc1oc(C)c(C(=O)NCCN(C(C)C)C(C)C)c1C. The maximum absolute atomic E-state index is 12.2. The molecule has 4 heteroatoms. The lowest BCUT2D eigenvalue weighted by Crippen LogP contribution is -2.42. The normalized spacial score (nSPS) is 11.7. The monoisotopic (exact) mass is 280 g/mol. The van der Waals surface area contributed by atoms with E-state index >= 15 is 0 Å². The molecule has 1 heterocycles. The van der Waals surface area contributed by atoms with E-state index in [2.05, 4.69) is 37.9 Å². The van der Waals surface area contributed by atoms with Gasteiger partial charge in [-0.15, -0.1) is 0 Å². The predicted octanol–water partition coefficient (Wildman–Crippen LogP) is 3.05. The number of rotatable bonds is 6. The van der Waals surface area contributed by atoms with Gasteiger partial charge in [-0.2, -0.15) is 0 Å². The molecule has 0 saturated carbocycles. The van der Waals surface area contributed by atoms with Crippen molar-refractivity contribution < 1.29 is 9.21 Å². The van der Waals surface area contributed by atoms with E-state index in [0.29, 0.717) is 30.0 Å². The highest BCUT2D eigenvalue weighted by Gasteiger charge is 2.19. The lowest BCUT2D eigenvalue weighted by molar-refractivity contribution is 0.0937. The van der Waals surface area contributed by atoms with Crippen LogP contribution in [0, 0.1) is 20.8 Å². The second-order valence-corrected chi connectivity index (χ2v) is 5.90. The molecule has 0 fully saturated rings. The molecule has 0 aliphatic heterocycles. The Bertz CT molecular complexity index is 453. The first kappa shape index (κ1) is 16.8. The molecule has 0 atom stereocenters. The molecule has 0 unspecified atom stereocenters. The molecule has 1 aromatic heterocycles. The van der Waals surface area contributed by atoms with Crippen LogP contribution in [0.5, 0.6) is 0 Å². The smallest absolute Gasteiger partial charge is 0.255 e. The van der Waals surface area contributed by atoms with Crippen LogP contribution in [0.3, 0.4) is 0 Å². The molecule has 1 N–H and O–H groups in total. The molecule has 0 saturated heterocycles. The molecule has 1 aromatic rings. The van der Waals surface area contributed by atoms with Crippen molar-refractivity contribution in [3.63, 3.8) is 0 Å². The van der Waals surface area contributed by atoms with E-state index in [4.69, 9.17) is 4.42 Å². The summed E-state index contributed by atoms with van der Waals surface area (Å²) in [5.74, 6) is 1.48. The highest BCUT2D eigenvalue weighted by Crippen LogP contribution is 2.20. The van der Waals surface area contributed by atoms with Crippen molar-refractivity contribution in [1.29, 1.82) is 0 Å². The van der Waals surface area contributed by atoms with E-state index in [1.165, 1.54) is 0 Å². The summed E-state index contributed by atoms with van der Waals surface area (Å²) in [7, 11) is 0. The van der Waals surface area contributed by atoms with Crippen molar-refractivity contribution in [2.75, 3.05) is 13.1 Å². The van der Waals surface area contributed by atoms with Gasteiger partial charge in [0.25, 0.3) is 5.91 Å². The third kappa shape index (κ3) is 3.85. The second kappa shape index (κ2) is 6.93. The molecule has 0 bridgehead atoms. The summed E-state index contributed by atoms with van der Waals surface area (Å²) in [6, 6.07) is 0.957. The lowest BCUT2D eigenvalue weighted by Gasteiger charge is -2.30. The van der Waals surface area contributed by atoms with Crippen molar-refractivity contribution in [3.8, 4) is 0 Å². The van der Waals surface area contributed by atoms with Gasteiger partial charge in [0, 0.05) is 30.7 Å². The number of hydrogen-bond donors (Lipinski definition) is 1. The van der Waals surface area contributed by atoms with Crippen LogP contribution in [-0.4, -0.2) is 36.0 Å². The molecule has 0 radical (unpaired) electrons. The average molecular weight is 280 g/mol. The van der Waals surface area contributed by atoms with Gasteiger partial charge in [0.1, 0.15) is 11.5 Å². The first-order chi connectivity index (χ1) is 9.25. The van der Waals surface area contributed by atoms with Crippen molar-refractivity contribution in [2.45, 2.75) is 60.5 Å². The van der Waals surface area contributed by atoms with Gasteiger partial charge < -0.3 is 9.73 Å². The minimum atomic E-state index is -0.0377. The highest BCUT2D eigenvalue weighted by molar-refractivity contribution is 5.96. The summed E-state index contributed by atoms with van der Waals surface area (Å²) in [5, 5.41) is 2.99. The van der Waals surface area contributed by atoms with Gasteiger partial charge in [0.05, 0.1) is 5.56 Å². The number of amides is 1. The molecule has 0 aromatic carbocycles. The molecule has 0 aliphatic rings. The summed E-state index contributed by atoms with van der Waals surface area (Å²) in [6.07, 6.45) is 0. The minimum Gasteiger partial charge on any atom is -0.466 e. The third-order valence-electron chi connectivity index (χ3n) is 3.77. The van der Waals surface area contributed by atoms with Gasteiger partial charge in [0.15, 0.2) is 0 Å². The first-order valence-corrected chi connectivity index (χ1v) is 7.36. The summed E-state index contributed by atoms with van der Waals surface area (Å²) in [6.45, 7) is 15.9.